The number of fused-ring (bicyclic) bond motifs is 5. The number of hydrogen-bond acceptors (Lipinski definition) is 5. The number of carbonyl (C=O) groups excluding carboxylic acids is 2. The number of anilines is 1. The zero-order chi connectivity index (χ0) is 28.2. The topological polar surface area (TPSA) is 80.1 Å². The smallest absolute Gasteiger partial charge is 0.291 e. The number of amides is 2. The first-order valence-electron chi connectivity index (χ1n) is 13.1. The van der Waals surface area contributed by atoms with Crippen LogP contribution < -0.4 is 10.3 Å². The van der Waals surface area contributed by atoms with E-state index >= 15 is 0 Å². The van der Waals surface area contributed by atoms with Crippen LogP contribution in [0.4, 0.5) is 10.1 Å². The van der Waals surface area contributed by atoms with Crippen molar-refractivity contribution in [3.63, 3.8) is 0 Å². The van der Waals surface area contributed by atoms with E-state index in [9.17, 15) is 18.8 Å². The molecule has 7 nitrogen and oxygen atoms in total. The summed E-state index contributed by atoms with van der Waals surface area (Å²) in [6.45, 7) is 4.47. The number of nitrogens with zero attached hydrogens (tertiary/aromatic N) is 2. The third-order valence-electron chi connectivity index (χ3n) is 7.43. The Morgan fingerprint density at radius 2 is 1.77 bits per heavy atom. The first-order chi connectivity index (χ1) is 19.2. The number of ether oxygens (including phenoxy) is 1. The van der Waals surface area contributed by atoms with Crippen molar-refractivity contribution >= 4 is 40.1 Å². The number of hydrogen-bond donors (Lipinski definition) is 0. The van der Waals surface area contributed by atoms with Crippen LogP contribution in [-0.2, 0) is 21.6 Å². The van der Waals surface area contributed by atoms with E-state index in [1.807, 2.05) is 13.8 Å². The Hall–Kier alpha value is -4.01. The zero-order valence-electron chi connectivity index (χ0n) is 21.9. The number of rotatable bonds is 7. The Balaban J connectivity index is 1.57. The summed E-state index contributed by atoms with van der Waals surface area (Å²) in [5.74, 6) is -1.54. The maximum absolute atomic E-state index is 14.7. The Morgan fingerprint density at radius 1 is 1.02 bits per heavy atom. The molecule has 1 aromatic heterocycles. The molecule has 6 rings (SSSR count). The fraction of sp³-hybridized carbons (Fsp3) is 0.258. The fourth-order valence-corrected chi connectivity index (χ4v) is 5.91. The lowest BCUT2D eigenvalue weighted by Crippen LogP contribution is -2.53. The van der Waals surface area contributed by atoms with Crippen molar-refractivity contribution in [3.05, 3.63) is 110 Å². The van der Waals surface area contributed by atoms with Gasteiger partial charge in [-0.15, -0.1) is 0 Å². The van der Waals surface area contributed by atoms with Crippen molar-refractivity contribution in [1.29, 1.82) is 0 Å². The lowest BCUT2D eigenvalue weighted by molar-refractivity contribution is -0.126. The maximum atomic E-state index is 14.7. The van der Waals surface area contributed by atoms with Gasteiger partial charge in [-0.1, -0.05) is 41.9 Å². The van der Waals surface area contributed by atoms with Crippen LogP contribution in [-0.4, -0.2) is 36.0 Å². The molecule has 1 unspecified atom stereocenters. The normalized spacial score (nSPS) is 17.9. The van der Waals surface area contributed by atoms with Gasteiger partial charge in [0.15, 0.2) is 11.0 Å². The molecule has 0 N–H and O–H groups in total. The Labute approximate surface area is 234 Å². The van der Waals surface area contributed by atoms with Gasteiger partial charge < -0.3 is 19.0 Å². The van der Waals surface area contributed by atoms with Crippen LogP contribution in [0.15, 0.2) is 75.9 Å². The second-order valence-electron chi connectivity index (χ2n) is 10.3. The van der Waals surface area contributed by atoms with E-state index in [0.717, 1.165) is 0 Å². The monoisotopic (exact) mass is 560 g/mol. The summed E-state index contributed by atoms with van der Waals surface area (Å²) < 4.78 is 25.4. The molecular formula is C31H26ClFN2O5. The molecule has 204 valence electrons. The second-order valence-corrected chi connectivity index (χ2v) is 10.7. The fourth-order valence-electron chi connectivity index (χ4n) is 5.73. The molecule has 0 aliphatic carbocycles. The lowest BCUT2D eigenvalue weighted by Gasteiger charge is -2.34. The van der Waals surface area contributed by atoms with Gasteiger partial charge in [0.1, 0.15) is 11.4 Å². The predicted molar refractivity (Wildman–Crippen MR) is 149 cm³/mol. The first kappa shape index (κ1) is 26.2. The Morgan fingerprint density at radius 3 is 2.52 bits per heavy atom. The van der Waals surface area contributed by atoms with E-state index in [2.05, 4.69) is 0 Å². The molecule has 2 amide bonds. The highest BCUT2D eigenvalue weighted by molar-refractivity contribution is 6.31. The highest BCUT2D eigenvalue weighted by Crippen LogP contribution is 2.53. The van der Waals surface area contributed by atoms with Crippen LogP contribution in [0.1, 0.15) is 47.5 Å². The van der Waals surface area contributed by atoms with E-state index in [1.54, 1.807) is 53.4 Å². The van der Waals surface area contributed by atoms with Crippen LogP contribution in [0.3, 0.4) is 0 Å². The number of para-hydroxylation sites is 1. The summed E-state index contributed by atoms with van der Waals surface area (Å²) in [6, 6.07) is 17.6. The highest BCUT2D eigenvalue weighted by atomic mass is 35.5. The number of benzene rings is 3. The summed E-state index contributed by atoms with van der Waals surface area (Å²) in [6.07, 6.45) is 0.436. The van der Waals surface area contributed by atoms with Gasteiger partial charge in [-0.3, -0.25) is 14.4 Å². The van der Waals surface area contributed by atoms with Crippen molar-refractivity contribution in [2.24, 2.45) is 0 Å². The molecule has 40 heavy (non-hydrogen) atoms. The van der Waals surface area contributed by atoms with Gasteiger partial charge in [0.25, 0.3) is 11.8 Å². The minimum Gasteiger partial charge on any atom is -0.450 e. The summed E-state index contributed by atoms with van der Waals surface area (Å²) in [4.78, 5) is 45.9. The molecule has 0 saturated heterocycles. The van der Waals surface area contributed by atoms with Gasteiger partial charge in [-0.25, -0.2) is 4.39 Å². The molecule has 1 atom stereocenters. The van der Waals surface area contributed by atoms with Crippen molar-refractivity contribution in [2.75, 3.05) is 18.1 Å². The molecule has 2 aliphatic rings. The molecule has 0 fully saturated rings. The third-order valence-corrected chi connectivity index (χ3v) is 7.66. The summed E-state index contributed by atoms with van der Waals surface area (Å²) in [5, 5.41) is 0.516. The van der Waals surface area contributed by atoms with Crippen LogP contribution in [0, 0.1) is 5.82 Å². The summed E-state index contributed by atoms with van der Waals surface area (Å²) in [5.41, 5.74) is -0.267. The van der Waals surface area contributed by atoms with Crippen molar-refractivity contribution in [2.45, 2.75) is 38.5 Å². The average molecular weight is 561 g/mol. The van der Waals surface area contributed by atoms with E-state index in [4.69, 9.17) is 20.8 Å². The van der Waals surface area contributed by atoms with Gasteiger partial charge in [0.05, 0.1) is 29.3 Å². The average Bonchev–Trinajstić information content (AvgIpc) is 3.32. The first-order valence-corrected chi connectivity index (χ1v) is 13.5. The zero-order valence-corrected chi connectivity index (χ0v) is 22.7. The molecule has 0 bridgehead atoms. The van der Waals surface area contributed by atoms with Crippen LogP contribution >= 0.6 is 11.6 Å². The molecule has 3 aromatic carbocycles. The summed E-state index contributed by atoms with van der Waals surface area (Å²) in [7, 11) is 0. The van der Waals surface area contributed by atoms with Gasteiger partial charge in [0, 0.05) is 23.7 Å². The minimum atomic E-state index is -1.74. The van der Waals surface area contributed by atoms with Crippen LogP contribution in [0.2, 0.25) is 5.02 Å². The molecule has 1 spiro atoms. The van der Waals surface area contributed by atoms with Crippen molar-refractivity contribution < 1.29 is 23.1 Å². The van der Waals surface area contributed by atoms with E-state index in [0.29, 0.717) is 34.9 Å². The minimum absolute atomic E-state index is 0.00114. The lowest BCUT2D eigenvalue weighted by atomic mass is 9.84. The SMILES string of the molecule is CC(C)OCCCN1C(=O)c2oc3ccc(Cl)cc3c(=O)c2C12C(=O)N(Cc1ccc(F)cc1)c1ccccc12. The number of halogens is 2. The van der Waals surface area contributed by atoms with Crippen LogP contribution in [0.5, 0.6) is 0 Å². The Kier molecular flexibility index (Phi) is 6.47. The quantitative estimate of drug-likeness (QED) is 0.273. The maximum Gasteiger partial charge on any atom is 0.291 e. The van der Waals surface area contributed by atoms with Crippen molar-refractivity contribution in [1.82, 2.24) is 4.90 Å². The van der Waals surface area contributed by atoms with Gasteiger partial charge >= 0.3 is 0 Å². The van der Waals surface area contributed by atoms with Gasteiger partial charge in [-0.05, 0) is 62.2 Å². The summed E-state index contributed by atoms with van der Waals surface area (Å²) >= 11 is 6.22. The molecule has 4 aromatic rings. The Bertz CT molecular complexity index is 1720. The largest absolute Gasteiger partial charge is 0.450 e. The molecule has 3 heterocycles. The molecule has 0 saturated carbocycles. The van der Waals surface area contributed by atoms with Crippen LogP contribution in [0.25, 0.3) is 11.0 Å². The van der Waals surface area contributed by atoms with E-state index in [1.165, 1.54) is 23.1 Å². The molecule has 2 aliphatic heterocycles. The van der Waals surface area contributed by atoms with E-state index < -0.39 is 22.8 Å². The molecule has 0 radical (unpaired) electrons. The number of carbonyl (C=O) groups is 2. The standard InChI is InChI=1S/C31H26ClFN2O5/c1-18(2)39-15-5-14-35-29(37)28-26(27(36)22-16-20(32)10-13-25(22)40-28)31(35)23-6-3-4-7-24(23)34(30(31)38)17-19-8-11-21(33)12-9-19/h3-4,6-13,16,18H,5,14-15,17H2,1-2H3. The second kappa shape index (κ2) is 9.87. The van der Waals surface area contributed by atoms with Gasteiger partial charge in [-0.2, -0.15) is 0 Å². The van der Waals surface area contributed by atoms with Crippen molar-refractivity contribution in [3.8, 4) is 0 Å². The van der Waals surface area contributed by atoms with Gasteiger partial charge in [0.2, 0.25) is 5.76 Å². The predicted octanol–water partition coefficient (Wildman–Crippen LogP) is 5.65. The third kappa shape index (κ3) is 3.93. The highest BCUT2D eigenvalue weighted by Gasteiger charge is 2.64. The van der Waals surface area contributed by atoms with E-state index in [-0.39, 0.29) is 47.3 Å². The molecule has 9 heteroatoms. The molecular weight excluding hydrogens is 535 g/mol.